The molecular weight excluding hydrogens is 252 g/mol. The van der Waals surface area contributed by atoms with Crippen molar-refractivity contribution in [2.24, 2.45) is 5.92 Å². The first-order valence-electron chi connectivity index (χ1n) is 6.62. The van der Waals surface area contributed by atoms with Gasteiger partial charge in [0.1, 0.15) is 0 Å². The van der Waals surface area contributed by atoms with Crippen LogP contribution >= 0.6 is 0 Å². The zero-order valence-corrected chi connectivity index (χ0v) is 12.1. The molecule has 0 aromatic carbocycles. The highest BCUT2D eigenvalue weighted by atomic mass is 32.2. The number of ether oxygens (including phenoxy) is 1. The molecule has 1 amide bonds. The fraction of sp³-hybridized carbons (Fsp3) is 0.917. The van der Waals surface area contributed by atoms with Crippen LogP contribution < -0.4 is 10.6 Å². The number of hydrogen-bond acceptors (Lipinski definition) is 4. The molecule has 2 N–H and O–H groups in total. The summed E-state index contributed by atoms with van der Waals surface area (Å²) in [5.74, 6) is 1.06. The Labute approximate surface area is 111 Å². The molecule has 3 unspecified atom stereocenters. The molecule has 0 spiro atoms. The summed E-state index contributed by atoms with van der Waals surface area (Å²) in [6.45, 7) is 6.43. The molecule has 0 bridgehead atoms. The second kappa shape index (κ2) is 8.61. The highest BCUT2D eigenvalue weighted by Crippen LogP contribution is 2.13. The summed E-state index contributed by atoms with van der Waals surface area (Å²) in [7, 11) is -0.820. The predicted molar refractivity (Wildman–Crippen MR) is 73.0 cm³/mol. The molecule has 1 rings (SSSR count). The normalized spacial score (nSPS) is 25.0. The van der Waals surface area contributed by atoms with E-state index < -0.39 is 10.8 Å². The summed E-state index contributed by atoms with van der Waals surface area (Å²) in [6.07, 6.45) is 1.04. The number of hydrogen-bond donors (Lipinski definition) is 2. The first kappa shape index (κ1) is 15.6. The van der Waals surface area contributed by atoms with Crippen molar-refractivity contribution in [2.45, 2.75) is 26.3 Å². The lowest BCUT2D eigenvalue weighted by Crippen LogP contribution is -2.44. The highest BCUT2D eigenvalue weighted by molar-refractivity contribution is 7.84. The molecule has 18 heavy (non-hydrogen) atoms. The van der Waals surface area contributed by atoms with Crippen LogP contribution in [0.3, 0.4) is 0 Å². The smallest absolute Gasteiger partial charge is 0.227 e. The molecule has 0 aromatic rings. The Morgan fingerprint density at radius 3 is 2.78 bits per heavy atom. The summed E-state index contributed by atoms with van der Waals surface area (Å²) in [5, 5.41) is 6.17. The molecule has 0 radical (unpaired) electrons. The van der Waals surface area contributed by atoms with Gasteiger partial charge in [0.2, 0.25) is 5.91 Å². The van der Waals surface area contributed by atoms with Crippen LogP contribution in [0.1, 0.15) is 20.3 Å². The van der Waals surface area contributed by atoms with Crippen molar-refractivity contribution >= 4 is 16.7 Å². The van der Waals surface area contributed by atoms with Gasteiger partial charge in [0.15, 0.2) is 0 Å². The van der Waals surface area contributed by atoms with Crippen molar-refractivity contribution in [3.8, 4) is 0 Å². The number of amides is 1. The number of rotatable bonds is 8. The second-order valence-electron chi connectivity index (χ2n) is 4.43. The molecule has 1 saturated heterocycles. The Balaban J connectivity index is 2.29. The standard InChI is InChI=1S/C12H24N2O3S/c1-3-5-13-11-9-17-8-10(11)12(15)14-6-7-18(16)4-2/h10-11,13H,3-9H2,1-2H3,(H,14,15). The van der Waals surface area contributed by atoms with Crippen LogP contribution in [0.4, 0.5) is 0 Å². The van der Waals surface area contributed by atoms with Gasteiger partial charge in [0.25, 0.3) is 0 Å². The van der Waals surface area contributed by atoms with Crippen molar-refractivity contribution in [1.82, 2.24) is 10.6 Å². The quantitative estimate of drug-likeness (QED) is 0.649. The van der Waals surface area contributed by atoms with Crippen LogP contribution in [-0.2, 0) is 20.3 Å². The van der Waals surface area contributed by atoms with Crippen molar-refractivity contribution in [2.75, 3.05) is 37.8 Å². The van der Waals surface area contributed by atoms with Gasteiger partial charge in [-0.15, -0.1) is 0 Å². The molecule has 3 atom stereocenters. The van der Waals surface area contributed by atoms with Gasteiger partial charge in [-0.05, 0) is 13.0 Å². The Morgan fingerprint density at radius 1 is 1.33 bits per heavy atom. The Bertz CT molecular complexity index is 286. The molecule has 5 nitrogen and oxygen atoms in total. The van der Waals surface area contributed by atoms with Crippen LogP contribution in [-0.4, -0.2) is 54.0 Å². The lowest BCUT2D eigenvalue weighted by atomic mass is 10.0. The van der Waals surface area contributed by atoms with Crippen molar-refractivity contribution in [1.29, 1.82) is 0 Å². The molecule has 0 aromatic heterocycles. The van der Waals surface area contributed by atoms with Gasteiger partial charge in [-0.3, -0.25) is 9.00 Å². The third-order valence-corrected chi connectivity index (χ3v) is 4.33. The van der Waals surface area contributed by atoms with Crippen LogP contribution in [0.15, 0.2) is 0 Å². The Kier molecular flexibility index (Phi) is 7.46. The summed E-state index contributed by atoms with van der Waals surface area (Å²) < 4.78 is 16.6. The largest absolute Gasteiger partial charge is 0.379 e. The lowest BCUT2D eigenvalue weighted by molar-refractivity contribution is -0.125. The first-order chi connectivity index (χ1) is 8.69. The molecule has 6 heteroatoms. The van der Waals surface area contributed by atoms with Gasteiger partial charge in [-0.1, -0.05) is 13.8 Å². The van der Waals surface area contributed by atoms with Crippen LogP contribution in [0, 0.1) is 5.92 Å². The minimum Gasteiger partial charge on any atom is -0.379 e. The minimum atomic E-state index is -0.820. The Hall–Kier alpha value is -0.460. The molecule has 0 saturated carbocycles. The van der Waals surface area contributed by atoms with Gasteiger partial charge < -0.3 is 15.4 Å². The van der Waals surface area contributed by atoms with E-state index in [4.69, 9.17) is 4.74 Å². The Morgan fingerprint density at radius 2 is 2.11 bits per heavy atom. The molecule has 1 aliphatic rings. The maximum atomic E-state index is 12.0. The van der Waals surface area contributed by atoms with E-state index in [1.807, 2.05) is 6.92 Å². The SMILES string of the molecule is CCCNC1COCC1C(=O)NCCS(=O)CC. The minimum absolute atomic E-state index is 0.00852. The number of nitrogens with one attached hydrogen (secondary N) is 2. The molecule has 1 aliphatic heterocycles. The number of carbonyl (C=O) groups excluding carboxylic acids is 1. The lowest BCUT2D eigenvalue weighted by Gasteiger charge is -2.18. The van der Waals surface area contributed by atoms with Gasteiger partial charge in [0, 0.05) is 34.9 Å². The third kappa shape index (κ3) is 5.04. The molecule has 1 fully saturated rings. The summed E-state index contributed by atoms with van der Waals surface area (Å²) in [6, 6.07) is 0.113. The van der Waals surface area contributed by atoms with Gasteiger partial charge >= 0.3 is 0 Å². The van der Waals surface area contributed by atoms with Gasteiger partial charge in [-0.25, -0.2) is 0 Å². The van der Waals surface area contributed by atoms with E-state index in [0.29, 0.717) is 31.3 Å². The van der Waals surface area contributed by atoms with Crippen molar-refractivity contribution in [3.05, 3.63) is 0 Å². The van der Waals surface area contributed by atoms with Crippen LogP contribution in [0.25, 0.3) is 0 Å². The van der Waals surface area contributed by atoms with E-state index in [0.717, 1.165) is 13.0 Å². The third-order valence-electron chi connectivity index (χ3n) is 3.02. The summed E-state index contributed by atoms with van der Waals surface area (Å²) in [5.41, 5.74) is 0. The summed E-state index contributed by atoms with van der Waals surface area (Å²) in [4.78, 5) is 12.0. The maximum absolute atomic E-state index is 12.0. The van der Waals surface area contributed by atoms with Gasteiger partial charge in [-0.2, -0.15) is 0 Å². The second-order valence-corrected chi connectivity index (χ2v) is 6.29. The van der Waals surface area contributed by atoms with E-state index in [1.165, 1.54) is 0 Å². The fourth-order valence-corrected chi connectivity index (χ4v) is 2.53. The number of carbonyl (C=O) groups is 1. The monoisotopic (exact) mass is 276 g/mol. The topological polar surface area (TPSA) is 67.4 Å². The maximum Gasteiger partial charge on any atom is 0.227 e. The average Bonchev–Trinajstić information content (AvgIpc) is 2.84. The zero-order chi connectivity index (χ0) is 13.4. The summed E-state index contributed by atoms with van der Waals surface area (Å²) >= 11 is 0. The molecule has 1 heterocycles. The van der Waals surface area contributed by atoms with Gasteiger partial charge in [0.05, 0.1) is 19.1 Å². The van der Waals surface area contributed by atoms with E-state index in [1.54, 1.807) is 0 Å². The molecular formula is C12H24N2O3S. The molecule has 106 valence electrons. The van der Waals surface area contributed by atoms with Crippen LogP contribution in [0.5, 0.6) is 0 Å². The first-order valence-corrected chi connectivity index (χ1v) is 8.11. The fourth-order valence-electron chi connectivity index (χ4n) is 1.91. The van der Waals surface area contributed by atoms with E-state index in [-0.39, 0.29) is 17.9 Å². The van der Waals surface area contributed by atoms with E-state index in [9.17, 15) is 9.00 Å². The molecule has 0 aliphatic carbocycles. The van der Waals surface area contributed by atoms with Crippen LogP contribution in [0.2, 0.25) is 0 Å². The highest BCUT2D eigenvalue weighted by Gasteiger charge is 2.33. The van der Waals surface area contributed by atoms with E-state index in [2.05, 4.69) is 17.6 Å². The van der Waals surface area contributed by atoms with Crippen molar-refractivity contribution < 1.29 is 13.7 Å². The van der Waals surface area contributed by atoms with E-state index >= 15 is 0 Å². The average molecular weight is 276 g/mol. The van der Waals surface area contributed by atoms with Crippen molar-refractivity contribution in [3.63, 3.8) is 0 Å². The predicted octanol–water partition coefficient (Wildman–Crippen LogP) is -0.114. The zero-order valence-electron chi connectivity index (χ0n) is 11.2.